The highest BCUT2D eigenvalue weighted by molar-refractivity contribution is 5.76. The van der Waals surface area contributed by atoms with Crippen LogP contribution in [0, 0.1) is 0 Å². The number of fused-ring (bicyclic) bond motifs is 1. The Morgan fingerprint density at radius 1 is 1.10 bits per heavy atom. The zero-order chi connectivity index (χ0) is 20.7. The van der Waals surface area contributed by atoms with E-state index in [1.54, 1.807) is 17.7 Å². The molecule has 1 saturated heterocycles. The van der Waals surface area contributed by atoms with Crippen LogP contribution in [0.5, 0.6) is 5.88 Å². The van der Waals surface area contributed by atoms with Crippen molar-refractivity contribution in [2.45, 2.75) is 38.1 Å². The van der Waals surface area contributed by atoms with Crippen LogP contribution >= 0.6 is 0 Å². The quantitative estimate of drug-likeness (QED) is 0.506. The Bertz CT molecular complexity index is 1140. The van der Waals surface area contributed by atoms with Crippen molar-refractivity contribution in [2.24, 2.45) is 0 Å². The van der Waals surface area contributed by atoms with Crippen LogP contribution in [0.15, 0.2) is 53.9 Å². The van der Waals surface area contributed by atoms with Gasteiger partial charge in [0.15, 0.2) is 29.5 Å². The minimum atomic E-state index is -1.08. The summed E-state index contributed by atoms with van der Waals surface area (Å²) in [7, 11) is 0. The first kappa shape index (κ1) is 18.7. The smallest absolute Gasteiger partial charge is 0.245 e. The fraction of sp³-hybridized carbons (Fsp3) is 0.300. The van der Waals surface area contributed by atoms with E-state index in [2.05, 4.69) is 19.9 Å². The fourth-order valence-corrected chi connectivity index (χ4v) is 3.45. The molecule has 1 aliphatic heterocycles. The van der Waals surface area contributed by atoms with E-state index in [0.717, 1.165) is 11.1 Å². The summed E-state index contributed by atoms with van der Waals surface area (Å²) < 4.78 is 18.4. The second-order valence-electron chi connectivity index (χ2n) is 7.07. The molecule has 0 amide bonds. The predicted octanol–water partition coefficient (Wildman–Crippen LogP) is 1.70. The van der Waals surface area contributed by atoms with E-state index in [9.17, 15) is 10.2 Å². The van der Waals surface area contributed by atoms with Crippen LogP contribution in [0.1, 0.15) is 18.7 Å². The summed E-state index contributed by atoms with van der Waals surface area (Å²) in [6.07, 6.45) is 2.56. The predicted molar refractivity (Wildman–Crippen MR) is 103 cm³/mol. The zero-order valence-electron chi connectivity index (χ0n) is 16.0. The molecule has 1 fully saturated rings. The number of nitrogens with zero attached hydrogens (tertiary/aromatic N) is 5. The maximum Gasteiger partial charge on any atom is 0.245 e. The Morgan fingerprint density at radius 2 is 1.93 bits per heavy atom. The second kappa shape index (κ2) is 7.48. The molecule has 30 heavy (non-hydrogen) atoms. The summed E-state index contributed by atoms with van der Waals surface area (Å²) in [5, 5.41) is 20.2. The highest BCUT2D eigenvalue weighted by Crippen LogP contribution is 2.32. The minimum Gasteiger partial charge on any atom is -0.471 e. The summed E-state index contributed by atoms with van der Waals surface area (Å²) in [4.78, 5) is 16.7. The summed E-state index contributed by atoms with van der Waals surface area (Å²) in [6.45, 7) is 1.98. The molecule has 0 bridgehead atoms. The van der Waals surface area contributed by atoms with Crippen LogP contribution in [0.2, 0.25) is 0 Å². The molecule has 10 heteroatoms. The van der Waals surface area contributed by atoms with E-state index in [1.807, 2.05) is 24.3 Å². The maximum atomic E-state index is 10.3. The number of aliphatic hydroxyl groups excluding tert-OH is 2. The molecule has 4 atom stereocenters. The van der Waals surface area contributed by atoms with E-state index in [1.165, 1.54) is 19.0 Å². The van der Waals surface area contributed by atoms with E-state index >= 15 is 0 Å². The molecule has 4 aromatic rings. The van der Waals surface area contributed by atoms with Crippen LogP contribution in [0.4, 0.5) is 0 Å². The molecule has 0 unspecified atom stereocenters. The molecule has 2 N–H and O–H groups in total. The number of imidazole rings is 1. The number of aromatic nitrogens is 5. The van der Waals surface area contributed by atoms with Gasteiger partial charge in [0.1, 0.15) is 25.1 Å². The standard InChI is InChI=1S/C20H19N5O5/c1-11-16(26)17(27)20(30-11)25-9-24-15-18(25)22-8-23-19(15)28-7-12-2-4-13(5-3-12)14-6-21-10-29-14/h2-6,8-11,16-17,20,26-27H,7H2,1H3/t11-,16-,17-,20-/m1/s1. The molecule has 0 radical (unpaired) electrons. The second-order valence-corrected chi connectivity index (χ2v) is 7.07. The Kier molecular flexibility index (Phi) is 4.66. The van der Waals surface area contributed by atoms with E-state index in [-0.39, 0.29) is 6.61 Å². The van der Waals surface area contributed by atoms with E-state index in [4.69, 9.17) is 13.9 Å². The van der Waals surface area contributed by atoms with Crippen molar-refractivity contribution in [1.82, 2.24) is 24.5 Å². The van der Waals surface area contributed by atoms with E-state index in [0.29, 0.717) is 22.8 Å². The number of aliphatic hydroxyl groups is 2. The summed E-state index contributed by atoms with van der Waals surface area (Å²) >= 11 is 0. The third-order valence-electron chi connectivity index (χ3n) is 5.12. The van der Waals surface area contributed by atoms with Crippen LogP contribution in [0.25, 0.3) is 22.5 Å². The van der Waals surface area contributed by atoms with Gasteiger partial charge in [0.05, 0.1) is 18.6 Å². The average Bonchev–Trinajstić information content (AvgIpc) is 3.50. The Labute approximate surface area is 170 Å². The van der Waals surface area contributed by atoms with Crippen LogP contribution in [0.3, 0.4) is 0 Å². The van der Waals surface area contributed by atoms with Gasteiger partial charge < -0.3 is 24.1 Å². The molecule has 1 aromatic carbocycles. The molecule has 4 heterocycles. The van der Waals surface area contributed by atoms with Gasteiger partial charge in [0, 0.05) is 5.56 Å². The summed E-state index contributed by atoms with van der Waals surface area (Å²) in [6, 6.07) is 7.71. The number of hydrogen-bond donors (Lipinski definition) is 2. The van der Waals surface area contributed by atoms with Gasteiger partial charge in [0.25, 0.3) is 0 Å². The topological polar surface area (TPSA) is 129 Å². The lowest BCUT2D eigenvalue weighted by Gasteiger charge is -2.16. The largest absolute Gasteiger partial charge is 0.471 e. The van der Waals surface area contributed by atoms with Crippen molar-refractivity contribution in [1.29, 1.82) is 0 Å². The number of rotatable bonds is 5. The highest BCUT2D eigenvalue weighted by atomic mass is 16.6. The average molecular weight is 409 g/mol. The van der Waals surface area contributed by atoms with Crippen molar-refractivity contribution in [3.05, 3.63) is 55.1 Å². The lowest BCUT2D eigenvalue weighted by Crippen LogP contribution is -2.30. The molecule has 0 spiro atoms. The van der Waals surface area contributed by atoms with Crippen molar-refractivity contribution in [2.75, 3.05) is 0 Å². The van der Waals surface area contributed by atoms with Crippen molar-refractivity contribution in [3.8, 4) is 17.2 Å². The fourth-order valence-electron chi connectivity index (χ4n) is 3.45. The molecular weight excluding hydrogens is 390 g/mol. The summed E-state index contributed by atoms with van der Waals surface area (Å²) in [5.74, 6) is 1.01. The number of ether oxygens (including phenoxy) is 2. The van der Waals surface area contributed by atoms with Gasteiger partial charge in [-0.2, -0.15) is 4.98 Å². The summed E-state index contributed by atoms with van der Waals surface area (Å²) in [5.41, 5.74) is 2.76. The molecule has 10 nitrogen and oxygen atoms in total. The first-order valence-electron chi connectivity index (χ1n) is 9.41. The molecule has 5 rings (SSSR count). The van der Waals surface area contributed by atoms with Gasteiger partial charge in [-0.15, -0.1) is 0 Å². The van der Waals surface area contributed by atoms with Crippen LogP contribution in [-0.2, 0) is 11.3 Å². The normalized spacial score (nSPS) is 23.8. The number of benzene rings is 1. The van der Waals surface area contributed by atoms with Gasteiger partial charge in [-0.25, -0.2) is 15.0 Å². The molecular formula is C20H19N5O5. The van der Waals surface area contributed by atoms with Crippen molar-refractivity contribution >= 4 is 11.2 Å². The molecule has 0 aliphatic carbocycles. The van der Waals surface area contributed by atoms with Crippen molar-refractivity contribution < 1.29 is 24.1 Å². The number of hydrogen-bond acceptors (Lipinski definition) is 9. The van der Waals surface area contributed by atoms with Crippen molar-refractivity contribution in [3.63, 3.8) is 0 Å². The molecule has 154 valence electrons. The Morgan fingerprint density at radius 3 is 2.63 bits per heavy atom. The maximum absolute atomic E-state index is 10.3. The molecule has 0 saturated carbocycles. The molecule has 1 aliphatic rings. The SMILES string of the molecule is C[C@H]1O[C@@H](n2cnc3c(OCc4ccc(-c5cnco5)cc4)ncnc32)[C@H](O)[C@@H]1O. The Hall–Kier alpha value is -3.34. The Balaban J connectivity index is 1.35. The van der Waals surface area contributed by atoms with Gasteiger partial charge >= 0.3 is 0 Å². The van der Waals surface area contributed by atoms with Gasteiger partial charge in [-0.05, 0) is 12.5 Å². The lowest BCUT2D eigenvalue weighted by molar-refractivity contribution is -0.0299. The van der Waals surface area contributed by atoms with Crippen LogP contribution in [-0.4, -0.2) is 53.0 Å². The highest BCUT2D eigenvalue weighted by Gasteiger charge is 2.42. The first-order valence-corrected chi connectivity index (χ1v) is 9.41. The molecule has 3 aromatic heterocycles. The van der Waals surface area contributed by atoms with Gasteiger partial charge in [-0.3, -0.25) is 4.57 Å². The number of oxazole rings is 1. The van der Waals surface area contributed by atoms with Crippen LogP contribution < -0.4 is 4.74 Å². The zero-order valence-corrected chi connectivity index (χ0v) is 16.0. The third-order valence-corrected chi connectivity index (χ3v) is 5.12. The monoisotopic (exact) mass is 409 g/mol. The minimum absolute atomic E-state index is 0.286. The first-order chi connectivity index (χ1) is 14.6. The van der Waals surface area contributed by atoms with E-state index < -0.39 is 24.5 Å². The third kappa shape index (κ3) is 3.20. The van der Waals surface area contributed by atoms with Gasteiger partial charge in [0.2, 0.25) is 5.88 Å². The lowest BCUT2D eigenvalue weighted by atomic mass is 10.1. The van der Waals surface area contributed by atoms with Gasteiger partial charge in [-0.1, -0.05) is 24.3 Å².